The molecule has 2 unspecified atom stereocenters. The van der Waals surface area contributed by atoms with Gasteiger partial charge in [-0.15, -0.1) is 0 Å². The van der Waals surface area contributed by atoms with E-state index >= 15 is 0 Å². The fraction of sp³-hybridized carbons (Fsp3) is 0.350. The summed E-state index contributed by atoms with van der Waals surface area (Å²) in [6.45, 7) is 4.33. The maximum absolute atomic E-state index is 12.9. The number of morpholine rings is 1. The summed E-state index contributed by atoms with van der Waals surface area (Å²) in [6, 6.07) is 11.1. The lowest BCUT2D eigenvalue weighted by molar-refractivity contribution is -0.115. The maximum Gasteiger partial charge on any atom is 0.243 e. The van der Waals surface area contributed by atoms with E-state index in [9.17, 15) is 13.2 Å². The Hall–Kier alpha value is -1.64. The molecular weight excluding hydrogens is 435 g/mol. The van der Waals surface area contributed by atoms with Crippen molar-refractivity contribution in [3.63, 3.8) is 0 Å². The molecule has 1 N–H and O–H groups in total. The van der Waals surface area contributed by atoms with Gasteiger partial charge in [0.2, 0.25) is 15.9 Å². The van der Waals surface area contributed by atoms with Crippen LogP contribution in [0.15, 0.2) is 47.4 Å². The number of amides is 1. The second-order valence-electron chi connectivity index (χ2n) is 7.06. The number of hydrogen-bond donors (Lipinski definition) is 1. The van der Waals surface area contributed by atoms with Gasteiger partial charge < -0.3 is 10.1 Å². The topological polar surface area (TPSA) is 75.7 Å². The molecule has 1 fully saturated rings. The molecule has 0 radical (unpaired) electrons. The number of sulfonamides is 1. The van der Waals surface area contributed by atoms with Crippen molar-refractivity contribution in [3.8, 4) is 0 Å². The Labute approximate surface area is 180 Å². The van der Waals surface area contributed by atoms with Crippen LogP contribution >= 0.6 is 23.2 Å². The Morgan fingerprint density at radius 3 is 2.31 bits per heavy atom. The molecule has 2 aromatic rings. The molecular formula is C20H22Cl2N2O4S. The molecule has 1 aliphatic rings. The monoisotopic (exact) mass is 456 g/mol. The van der Waals surface area contributed by atoms with Crippen LogP contribution in [0, 0.1) is 0 Å². The molecule has 29 heavy (non-hydrogen) atoms. The first-order chi connectivity index (χ1) is 13.6. The second kappa shape index (κ2) is 9.02. The summed E-state index contributed by atoms with van der Waals surface area (Å²) < 4.78 is 32.8. The highest BCUT2D eigenvalue weighted by atomic mass is 35.5. The molecule has 2 aromatic carbocycles. The normalized spacial score (nSPS) is 20.4. The number of carbonyl (C=O) groups is 1. The zero-order chi connectivity index (χ0) is 21.2. The van der Waals surface area contributed by atoms with Crippen molar-refractivity contribution in [1.29, 1.82) is 0 Å². The smallest absolute Gasteiger partial charge is 0.243 e. The van der Waals surface area contributed by atoms with E-state index in [2.05, 4.69) is 5.32 Å². The molecule has 2 atom stereocenters. The molecule has 1 aliphatic heterocycles. The van der Waals surface area contributed by atoms with Crippen LogP contribution in [0.1, 0.15) is 19.4 Å². The van der Waals surface area contributed by atoms with Gasteiger partial charge in [0.15, 0.2) is 0 Å². The first-order valence-corrected chi connectivity index (χ1v) is 11.3. The summed E-state index contributed by atoms with van der Waals surface area (Å²) in [4.78, 5) is 12.5. The van der Waals surface area contributed by atoms with E-state index in [4.69, 9.17) is 27.9 Å². The van der Waals surface area contributed by atoms with Crippen LogP contribution in [0.2, 0.25) is 10.0 Å². The van der Waals surface area contributed by atoms with Crippen LogP contribution in [0.3, 0.4) is 0 Å². The SMILES string of the molecule is CC1CN(S(=O)(=O)c2ccc(NC(=O)Cc3ccc(Cl)cc3Cl)cc2)CC(C)O1. The van der Waals surface area contributed by atoms with Crippen molar-refractivity contribution >= 4 is 44.8 Å². The third kappa shape index (κ3) is 5.49. The average molecular weight is 457 g/mol. The second-order valence-corrected chi connectivity index (χ2v) is 9.85. The van der Waals surface area contributed by atoms with Crippen LogP contribution < -0.4 is 5.32 Å². The van der Waals surface area contributed by atoms with Crippen LogP contribution in [0.5, 0.6) is 0 Å². The van der Waals surface area contributed by atoms with E-state index in [0.29, 0.717) is 34.4 Å². The van der Waals surface area contributed by atoms with Gasteiger partial charge in [-0.2, -0.15) is 4.31 Å². The summed E-state index contributed by atoms with van der Waals surface area (Å²) in [5, 5.41) is 3.67. The molecule has 9 heteroatoms. The Morgan fingerprint density at radius 2 is 1.72 bits per heavy atom. The molecule has 0 saturated carbocycles. The van der Waals surface area contributed by atoms with Crippen molar-refractivity contribution in [2.45, 2.75) is 37.4 Å². The first kappa shape index (κ1) is 22.1. The van der Waals surface area contributed by atoms with E-state index in [-0.39, 0.29) is 29.4 Å². The molecule has 0 spiro atoms. The molecule has 0 aliphatic carbocycles. The van der Waals surface area contributed by atoms with Gasteiger partial charge in [0.05, 0.1) is 23.5 Å². The maximum atomic E-state index is 12.9. The number of rotatable bonds is 5. The minimum absolute atomic E-state index is 0.0829. The summed E-state index contributed by atoms with van der Waals surface area (Å²) in [5.74, 6) is -0.263. The number of ether oxygens (including phenoxy) is 1. The molecule has 0 aromatic heterocycles. The van der Waals surface area contributed by atoms with Gasteiger partial charge in [-0.25, -0.2) is 8.42 Å². The molecule has 1 heterocycles. The molecule has 6 nitrogen and oxygen atoms in total. The van der Waals surface area contributed by atoms with Gasteiger partial charge in [-0.05, 0) is 55.8 Å². The predicted molar refractivity (Wildman–Crippen MR) is 114 cm³/mol. The number of benzene rings is 2. The number of carbonyl (C=O) groups excluding carboxylic acids is 1. The van der Waals surface area contributed by atoms with Gasteiger partial charge in [-0.1, -0.05) is 29.3 Å². The number of nitrogens with one attached hydrogen (secondary N) is 1. The summed E-state index contributed by atoms with van der Waals surface area (Å²) in [7, 11) is -3.62. The van der Waals surface area contributed by atoms with E-state index in [1.807, 2.05) is 13.8 Å². The lowest BCUT2D eigenvalue weighted by Gasteiger charge is -2.34. The van der Waals surface area contributed by atoms with E-state index < -0.39 is 10.0 Å². The average Bonchev–Trinajstić information content (AvgIpc) is 2.64. The lowest BCUT2D eigenvalue weighted by Crippen LogP contribution is -2.48. The largest absolute Gasteiger partial charge is 0.373 e. The standard InChI is InChI=1S/C20H22Cl2N2O4S/c1-13-11-24(12-14(2)28-13)29(26,27)18-7-5-17(6-8-18)23-20(25)9-15-3-4-16(21)10-19(15)22/h3-8,10,13-14H,9,11-12H2,1-2H3,(H,23,25). The number of nitrogens with zero attached hydrogens (tertiary/aromatic N) is 1. The lowest BCUT2D eigenvalue weighted by atomic mass is 10.1. The van der Waals surface area contributed by atoms with E-state index in [1.165, 1.54) is 16.4 Å². The van der Waals surface area contributed by atoms with Crippen molar-refractivity contribution in [2.75, 3.05) is 18.4 Å². The zero-order valence-corrected chi connectivity index (χ0v) is 18.4. The minimum atomic E-state index is -3.62. The van der Waals surface area contributed by atoms with Gasteiger partial charge in [-0.3, -0.25) is 4.79 Å². The first-order valence-electron chi connectivity index (χ1n) is 9.14. The molecule has 3 rings (SSSR count). The van der Waals surface area contributed by atoms with Crippen molar-refractivity contribution in [2.24, 2.45) is 0 Å². The predicted octanol–water partition coefficient (Wildman–Crippen LogP) is 3.97. The van der Waals surface area contributed by atoms with Gasteiger partial charge in [0.1, 0.15) is 0 Å². The Morgan fingerprint density at radius 1 is 1.10 bits per heavy atom. The quantitative estimate of drug-likeness (QED) is 0.737. The summed E-state index contributed by atoms with van der Waals surface area (Å²) in [6.07, 6.45) is -0.238. The fourth-order valence-corrected chi connectivity index (χ4v) is 5.30. The van der Waals surface area contributed by atoms with Gasteiger partial charge in [0, 0.05) is 28.8 Å². The molecule has 0 bridgehead atoms. The minimum Gasteiger partial charge on any atom is -0.373 e. The van der Waals surface area contributed by atoms with Crippen molar-refractivity contribution in [1.82, 2.24) is 4.31 Å². The summed E-state index contributed by atoms with van der Waals surface area (Å²) >= 11 is 12.0. The van der Waals surface area contributed by atoms with Gasteiger partial charge >= 0.3 is 0 Å². The Kier molecular flexibility index (Phi) is 6.86. The summed E-state index contributed by atoms with van der Waals surface area (Å²) in [5.41, 5.74) is 1.16. The zero-order valence-electron chi connectivity index (χ0n) is 16.1. The highest BCUT2D eigenvalue weighted by Crippen LogP contribution is 2.24. The Balaban J connectivity index is 1.67. The number of hydrogen-bond acceptors (Lipinski definition) is 4. The third-order valence-electron chi connectivity index (χ3n) is 4.53. The third-order valence-corrected chi connectivity index (χ3v) is 6.96. The van der Waals surface area contributed by atoms with Crippen LogP contribution in [0.4, 0.5) is 5.69 Å². The number of halogens is 2. The highest BCUT2D eigenvalue weighted by Gasteiger charge is 2.32. The molecule has 156 valence electrons. The fourth-order valence-electron chi connectivity index (χ4n) is 3.23. The van der Waals surface area contributed by atoms with Crippen LogP contribution in [0.25, 0.3) is 0 Å². The Bertz CT molecular complexity index is 986. The highest BCUT2D eigenvalue weighted by molar-refractivity contribution is 7.89. The molecule has 1 amide bonds. The van der Waals surface area contributed by atoms with Crippen molar-refractivity contribution < 1.29 is 17.9 Å². The van der Waals surface area contributed by atoms with E-state index in [1.54, 1.807) is 30.3 Å². The van der Waals surface area contributed by atoms with Gasteiger partial charge in [0.25, 0.3) is 0 Å². The number of anilines is 1. The van der Waals surface area contributed by atoms with E-state index in [0.717, 1.165) is 0 Å². The van der Waals surface area contributed by atoms with Crippen molar-refractivity contribution in [3.05, 3.63) is 58.1 Å². The van der Waals surface area contributed by atoms with Crippen LogP contribution in [-0.2, 0) is 26.0 Å². The van der Waals surface area contributed by atoms with Crippen LogP contribution in [-0.4, -0.2) is 43.9 Å². The molecule has 1 saturated heterocycles.